The zero-order chi connectivity index (χ0) is 20.0. The highest BCUT2D eigenvalue weighted by molar-refractivity contribution is 6.33. The highest BCUT2D eigenvalue weighted by Gasteiger charge is 2.15. The molecule has 2 N–H and O–H groups in total. The molecule has 0 heterocycles. The van der Waals surface area contributed by atoms with Crippen molar-refractivity contribution < 1.29 is 23.5 Å². The van der Waals surface area contributed by atoms with Gasteiger partial charge in [0.1, 0.15) is 5.82 Å². The number of carbonyl (C=O) groups excluding carboxylic acids is 3. The molecule has 0 unspecified atom stereocenters. The Balaban J connectivity index is 1.79. The van der Waals surface area contributed by atoms with E-state index in [0.29, 0.717) is 5.69 Å². The summed E-state index contributed by atoms with van der Waals surface area (Å²) in [7, 11) is 0. The van der Waals surface area contributed by atoms with Crippen LogP contribution in [0.2, 0.25) is 5.02 Å². The Morgan fingerprint density at radius 3 is 2.56 bits per heavy atom. The molecule has 27 heavy (non-hydrogen) atoms. The van der Waals surface area contributed by atoms with Gasteiger partial charge in [0.15, 0.2) is 6.61 Å². The average Bonchev–Trinajstić information content (AvgIpc) is 2.62. The van der Waals surface area contributed by atoms with Gasteiger partial charge >= 0.3 is 5.97 Å². The molecule has 0 aliphatic rings. The quantitative estimate of drug-likeness (QED) is 0.740. The lowest BCUT2D eigenvalue weighted by Crippen LogP contribution is -2.35. The molecule has 0 bridgehead atoms. The van der Waals surface area contributed by atoms with Gasteiger partial charge in [-0.25, -0.2) is 9.18 Å². The standard InChI is InChI=1S/C19H18ClFN2O4/c1-11-4-3-5-16(12(11)2)23-17(24)9-22-18(25)10-27-19(26)14-7-6-13(21)8-15(14)20/h3-8H,9-10H2,1-2H3,(H,22,25)(H,23,24). The summed E-state index contributed by atoms with van der Waals surface area (Å²) in [5.41, 5.74) is 2.57. The van der Waals surface area contributed by atoms with Crippen LogP contribution in [0.5, 0.6) is 0 Å². The number of anilines is 1. The number of esters is 1. The molecule has 0 spiro atoms. The van der Waals surface area contributed by atoms with Crippen molar-refractivity contribution >= 4 is 35.1 Å². The van der Waals surface area contributed by atoms with Crippen molar-refractivity contribution in [1.29, 1.82) is 0 Å². The summed E-state index contributed by atoms with van der Waals surface area (Å²) in [6.45, 7) is 2.93. The molecule has 0 aliphatic heterocycles. The summed E-state index contributed by atoms with van der Waals surface area (Å²) in [4.78, 5) is 35.5. The van der Waals surface area contributed by atoms with Gasteiger partial charge in [-0.1, -0.05) is 23.7 Å². The zero-order valence-electron chi connectivity index (χ0n) is 14.8. The lowest BCUT2D eigenvalue weighted by atomic mass is 10.1. The number of ether oxygens (including phenoxy) is 1. The van der Waals surface area contributed by atoms with E-state index in [9.17, 15) is 18.8 Å². The molecule has 0 fully saturated rings. The first-order valence-corrected chi connectivity index (χ1v) is 8.40. The van der Waals surface area contributed by atoms with Crippen LogP contribution in [0, 0.1) is 19.7 Å². The van der Waals surface area contributed by atoms with Crippen LogP contribution in [0.25, 0.3) is 0 Å². The van der Waals surface area contributed by atoms with Crippen molar-refractivity contribution in [2.45, 2.75) is 13.8 Å². The van der Waals surface area contributed by atoms with Crippen LogP contribution in [0.4, 0.5) is 10.1 Å². The van der Waals surface area contributed by atoms with Crippen LogP contribution < -0.4 is 10.6 Å². The van der Waals surface area contributed by atoms with Crippen LogP contribution in [0.15, 0.2) is 36.4 Å². The smallest absolute Gasteiger partial charge is 0.340 e. The molecule has 2 aromatic rings. The van der Waals surface area contributed by atoms with Gasteiger partial charge in [-0.15, -0.1) is 0 Å². The summed E-state index contributed by atoms with van der Waals surface area (Å²) < 4.78 is 17.8. The van der Waals surface area contributed by atoms with E-state index >= 15 is 0 Å². The van der Waals surface area contributed by atoms with Crippen LogP contribution in [-0.4, -0.2) is 30.9 Å². The zero-order valence-corrected chi connectivity index (χ0v) is 15.5. The van der Waals surface area contributed by atoms with Crippen molar-refractivity contribution in [3.8, 4) is 0 Å². The molecule has 0 aliphatic carbocycles. The Bertz CT molecular complexity index is 886. The van der Waals surface area contributed by atoms with Gasteiger partial charge < -0.3 is 15.4 Å². The highest BCUT2D eigenvalue weighted by Crippen LogP contribution is 2.18. The first-order chi connectivity index (χ1) is 12.8. The number of hydrogen-bond donors (Lipinski definition) is 2. The molecule has 142 valence electrons. The summed E-state index contributed by atoms with van der Waals surface area (Å²) in [6.07, 6.45) is 0. The fourth-order valence-corrected chi connectivity index (χ4v) is 2.42. The Morgan fingerprint density at radius 1 is 1.11 bits per heavy atom. The minimum absolute atomic E-state index is 0.0569. The lowest BCUT2D eigenvalue weighted by molar-refractivity contribution is -0.126. The van der Waals surface area contributed by atoms with E-state index in [1.807, 2.05) is 26.0 Å². The fraction of sp³-hybridized carbons (Fsp3) is 0.211. The SMILES string of the molecule is Cc1cccc(NC(=O)CNC(=O)COC(=O)c2ccc(F)cc2Cl)c1C. The first kappa shape index (κ1) is 20.4. The maximum Gasteiger partial charge on any atom is 0.340 e. The molecule has 2 amide bonds. The predicted molar refractivity (Wildman–Crippen MR) is 99.2 cm³/mol. The van der Waals surface area contributed by atoms with Gasteiger partial charge in [-0.3, -0.25) is 9.59 Å². The van der Waals surface area contributed by atoms with Crippen molar-refractivity contribution in [2.24, 2.45) is 0 Å². The molecular formula is C19H18ClFN2O4. The third kappa shape index (κ3) is 5.79. The van der Waals surface area contributed by atoms with E-state index in [4.69, 9.17) is 16.3 Å². The van der Waals surface area contributed by atoms with E-state index in [0.717, 1.165) is 29.3 Å². The van der Waals surface area contributed by atoms with E-state index in [1.54, 1.807) is 6.07 Å². The number of hydrogen-bond acceptors (Lipinski definition) is 4. The van der Waals surface area contributed by atoms with E-state index in [1.165, 1.54) is 0 Å². The minimum atomic E-state index is -0.866. The van der Waals surface area contributed by atoms with Gasteiger partial charge in [-0.05, 0) is 49.2 Å². The summed E-state index contributed by atoms with van der Waals surface area (Å²) >= 11 is 5.75. The van der Waals surface area contributed by atoms with E-state index < -0.39 is 30.2 Å². The Kier molecular flexibility index (Phi) is 6.90. The number of rotatable bonds is 6. The second-order valence-corrected chi connectivity index (χ2v) is 6.18. The van der Waals surface area contributed by atoms with Crippen molar-refractivity contribution in [3.05, 3.63) is 63.9 Å². The second kappa shape index (κ2) is 9.14. The summed E-state index contributed by atoms with van der Waals surface area (Å²) in [5, 5.41) is 4.92. The van der Waals surface area contributed by atoms with Gasteiger partial charge in [0.25, 0.3) is 5.91 Å². The van der Waals surface area contributed by atoms with Gasteiger partial charge in [0.2, 0.25) is 5.91 Å². The number of aryl methyl sites for hydroxylation is 1. The van der Waals surface area contributed by atoms with Gasteiger partial charge in [-0.2, -0.15) is 0 Å². The maximum absolute atomic E-state index is 13.0. The molecule has 0 saturated carbocycles. The molecule has 0 aromatic heterocycles. The molecule has 2 rings (SSSR count). The van der Waals surface area contributed by atoms with Crippen LogP contribution in [0.3, 0.4) is 0 Å². The number of carbonyl (C=O) groups is 3. The van der Waals surface area contributed by atoms with Crippen LogP contribution in [-0.2, 0) is 14.3 Å². The lowest BCUT2D eigenvalue weighted by Gasteiger charge is -2.11. The third-order valence-electron chi connectivity index (χ3n) is 3.81. The fourth-order valence-electron chi connectivity index (χ4n) is 2.17. The molecule has 0 saturated heterocycles. The number of halogens is 2. The average molecular weight is 393 g/mol. The van der Waals surface area contributed by atoms with Crippen LogP contribution in [0.1, 0.15) is 21.5 Å². The third-order valence-corrected chi connectivity index (χ3v) is 4.12. The van der Waals surface area contributed by atoms with E-state index in [-0.39, 0.29) is 17.1 Å². The molecule has 0 atom stereocenters. The van der Waals surface area contributed by atoms with Crippen molar-refractivity contribution in [1.82, 2.24) is 5.32 Å². The molecular weight excluding hydrogens is 375 g/mol. The summed E-state index contributed by atoms with van der Waals surface area (Å²) in [6, 6.07) is 8.69. The topological polar surface area (TPSA) is 84.5 Å². The maximum atomic E-state index is 13.0. The first-order valence-electron chi connectivity index (χ1n) is 8.03. The normalized spacial score (nSPS) is 10.2. The van der Waals surface area contributed by atoms with Gasteiger partial charge in [0.05, 0.1) is 17.1 Å². The largest absolute Gasteiger partial charge is 0.452 e. The minimum Gasteiger partial charge on any atom is -0.452 e. The Morgan fingerprint density at radius 2 is 1.85 bits per heavy atom. The van der Waals surface area contributed by atoms with E-state index in [2.05, 4.69) is 10.6 Å². The Hall–Kier alpha value is -2.93. The van der Waals surface area contributed by atoms with Crippen molar-refractivity contribution in [3.63, 3.8) is 0 Å². The molecule has 8 heteroatoms. The number of nitrogens with one attached hydrogen (secondary N) is 2. The molecule has 2 aromatic carbocycles. The Labute approximate surface area is 160 Å². The monoisotopic (exact) mass is 392 g/mol. The predicted octanol–water partition coefficient (Wildman–Crippen LogP) is 3.01. The number of amides is 2. The van der Waals surface area contributed by atoms with Crippen LogP contribution >= 0.6 is 11.6 Å². The van der Waals surface area contributed by atoms with Gasteiger partial charge in [0, 0.05) is 5.69 Å². The molecule has 6 nitrogen and oxygen atoms in total. The summed E-state index contributed by atoms with van der Waals surface area (Å²) in [5.74, 6) is -2.53. The number of benzene rings is 2. The van der Waals surface area contributed by atoms with Crippen molar-refractivity contribution in [2.75, 3.05) is 18.5 Å². The highest BCUT2D eigenvalue weighted by atomic mass is 35.5. The second-order valence-electron chi connectivity index (χ2n) is 5.77. The molecule has 0 radical (unpaired) electrons.